The molecule has 1 atom stereocenters. The molecule has 68 valence electrons. The second-order valence-electron chi connectivity index (χ2n) is 2.61. The van der Waals surface area contributed by atoms with Crippen LogP contribution >= 0.6 is 31.9 Å². The summed E-state index contributed by atoms with van der Waals surface area (Å²) in [7, 11) is 0. The Morgan fingerprint density at radius 1 is 0.909 bits per heavy atom. The molecule has 0 heterocycles. The minimum Gasteiger partial charge on any atom is -0.247 e. The molecule has 0 saturated carbocycles. The molecule has 0 rings (SSSR count). The fraction of sp³-hybridized carbons (Fsp3) is 1.00. The maximum Gasteiger partial charge on any atom is 0.100 e. The first-order chi connectivity index (χ1) is 5.31. The van der Waals surface area contributed by atoms with Gasteiger partial charge in [-0.1, -0.05) is 31.9 Å². The number of hydrogen-bond donors (Lipinski definition) is 0. The molecule has 11 heavy (non-hydrogen) atoms. The predicted octanol–water partition coefficient (Wildman–Crippen LogP) is 4.06. The van der Waals surface area contributed by atoms with Gasteiger partial charge in [-0.05, 0) is 32.1 Å². The average molecular weight is 290 g/mol. The van der Waals surface area contributed by atoms with Gasteiger partial charge in [-0.3, -0.25) is 0 Å². The Morgan fingerprint density at radius 3 is 2.00 bits per heavy atom. The van der Waals surface area contributed by atoms with Gasteiger partial charge in [-0.25, -0.2) is 4.39 Å². The summed E-state index contributed by atoms with van der Waals surface area (Å²) in [4.78, 5) is 0. The normalized spacial score (nSPS) is 13.4. The number of hydrogen-bond acceptors (Lipinski definition) is 0. The number of halogens is 3. The van der Waals surface area contributed by atoms with Gasteiger partial charge >= 0.3 is 0 Å². The molecule has 0 amide bonds. The van der Waals surface area contributed by atoms with Crippen molar-refractivity contribution < 1.29 is 4.39 Å². The predicted molar refractivity (Wildman–Crippen MR) is 55.6 cm³/mol. The molecule has 0 aliphatic carbocycles. The van der Waals surface area contributed by atoms with Gasteiger partial charge in [0, 0.05) is 10.7 Å². The maximum atomic E-state index is 12.9. The second-order valence-corrected chi connectivity index (χ2v) is 4.20. The molecule has 1 unspecified atom stereocenters. The largest absolute Gasteiger partial charge is 0.247 e. The lowest BCUT2D eigenvalue weighted by molar-refractivity contribution is 0.289. The minimum absolute atomic E-state index is 0.577. The fourth-order valence-corrected chi connectivity index (χ4v) is 1.62. The summed E-state index contributed by atoms with van der Waals surface area (Å²) in [5, 5.41) is 1.92. The van der Waals surface area contributed by atoms with E-state index in [0.29, 0.717) is 6.42 Å². The van der Waals surface area contributed by atoms with Crippen LogP contribution in [0.1, 0.15) is 32.1 Å². The van der Waals surface area contributed by atoms with Crippen molar-refractivity contribution >= 4 is 31.9 Å². The zero-order valence-electron chi connectivity index (χ0n) is 6.66. The Labute approximate surface area is 85.2 Å². The summed E-state index contributed by atoms with van der Waals surface area (Å²) in [5.74, 6) is 0. The van der Waals surface area contributed by atoms with Crippen molar-refractivity contribution in [3.05, 3.63) is 0 Å². The molecule has 0 aromatic heterocycles. The maximum absolute atomic E-state index is 12.9. The summed E-state index contributed by atoms with van der Waals surface area (Å²) in [6, 6.07) is 0. The van der Waals surface area contributed by atoms with Gasteiger partial charge in [0.1, 0.15) is 6.17 Å². The zero-order chi connectivity index (χ0) is 8.53. The van der Waals surface area contributed by atoms with Crippen LogP contribution in [0.3, 0.4) is 0 Å². The molecule has 3 heteroatoms. The van der Waals surface area contributed by atoms with Crippen molar-refractivity contribution in [2.75, 3.05) is 10.7 Å². The van der Waals surface area contributed by atoms with Crippen LogP contribution in [0, 0.1) is 0 Å². The first kappa shape index (κ1) is 11.9. The Hall–Kier alpha value is 0.890. The fourth-order valence-electron chi connectivity index (χ4n) is 0.903. The lowest BCUT2D eigenvalue weighted by Crippen LogP contribution is -2.00. The van der Waals surface area contributed by atoms with Crippen molar-refractivity contribution in [2.45, 2.75) is 38.3 Å². The molecular formula is C8H15Br2F. The molecule has 0 N–H and O–H groups in total. The Morgan fingerprint density at radius 2 is 1.45 bits per heavy atom. The van der Waals surface area contributed by atoms with Crippen LogP contribution in [0.2, 0.25) is 0 Å². The Bertz CT molecular complexity index is 78.5. The first-order valence-electron chi connectivity index (χ1n) is 4.07. The summed E-state index contributed by atoms with van der Waals surface area (Å²) in [6.07, 6.45) is 3.93. The van der Waals surface area contributed by atoms with Crippen LogP contribution < -0.4 is 0 Å². The van der Waals surface area contributed by atoms with Crippen molar-refractivity contribution in [3.8, 4) is 0 Å². The smallest absolute Gasteiger partial charge is 0.100 e. The highest BCUT2D eigenvalue weighted by atomic mass is 79.9. The molecule has 0 radical (unpaired) electrons. The molecular weight excluding hydrogens is 275 g/mol. The molecule has 0 nitrogen and oxygen atoms in total. The van der Waals surface area contributed by atoms with Gasteiger partial charge in [-0.15, -0.1) is 0 Å². The van der Waals surface area contributed by atoms with Gasteiger partial charge in [0.25, 0.3) is 0 Å². The van der Waals surface area contributed by atoms with Crippen LogP contribution in [0.4, 0.5) is 4.39 Å². The molecule has 0 spiro atoms. The Kier molecular flexibility index (Phi) is 9.71. The molecule has 0 saturated heterocycles. The molecule has 0 aliphatic heterocycles. The topological polar surface area (TPSA) is 0 Å². The van der Waals surface area contributed by atoms with E-state index in [0.717, 1.165) is 36.3 Å². The third-order valence-electron chi connectivity index (χ3n) is 1.55. The monoisotopic (exact) mass is 288 g/mol. The quantitative estimate of drug-likeness (QED) is 0.490. The third kappa shape index (κ3) is 8.80. The summed E-state index contributed by atoms with van der Waals surface area (Å²) in [5.41, 5.74) is 0. The highest BCUT2D eigenvalue weighted by molar-refractivity contribution is 9.09. The van der Waals surface area contributed by atoms with E-state index in [9.17, 15) is 4.39 Å². The summed E-state index contributed by atoms with van der Waals surface area (Å²) < 4.78 is 12.9. The van der Waals surface area contributed by atoms with Crippen LogP contribution in [0.25, 0.3) is 0 Å². The van der Waals surface area contributed by atoms with Crippen molar-refractivity contribution in [1.29, 1.82) is 0 Å². The summed E-state index contributed by atoms with van der Waals surface area (Å²) >= 11 is 6.61. The number of unbranched alkanes of at least 4 members (excludes halogenated alkanes) is 1. The van der Waals surface area contributed by atoms with E-state index in [1.807, 2.05) is 0 Å². The molecule has 0 aliphatic rings. The lowest BCUT2D eigenvalue weighted by Gasteiger charge is -2.05. The van der Waals surface area contributed by atoms with E-state index in [2.05, 4.69) is 31.9 Å². The number of alkyl halides is 3. The average Bonchev–Trinajstić information content (AvgIpc) is 2.01. The molecule has 0 fully saturated rings. The zero-order valence-corrected chi connectivity index (χ0v) is 9.83. The second kappa shape index (κ2) is 8.98. The van der Waals surface area contributed by atoms with E-state index >= 15 is 0 Å². The van der Waals surface area contributed by atoms with Crippen LogP contribution in [-0.4, -0.2) is 16.8 Å². The van der Waals surface area contributed by atoms with E-state index in [1.54, 1.807) is 0 Å². The SMILES string of the molecule is FC(CCCBr)CCCCBr. The van der Waals surface area contributed by atoms with Crippen molar-refractivity contribution in [2.24, 2.45) is 0 Å². The minimum atomic E-state index is -0.577. The van der Waals surface area contributed by atoms with Crippen LogP contribution in [0.15, 0.2) is 0 Å². The highest BCUT2D eigenvalue weighted by Gasteiger charge is 2.04. The molecule has 0 bridgehead atoms. The van der Waals surface area contributed by atoms with Crippen molar-refractivity contribution in [1.82, 2.24) is 0 Å². The Balaban J connectivity index is 3.02. The van der Waals surface area contributed by atoms with Gasteiger partial charge in [0.15, 0.2) is 0 Å². The third-order valence-corrected chi connectivity index (χ3v) is 2.67. The van der Waals surface area contributed by atoms with Crippen LogP contribution in [-0.2, 0) is 0 Å². The van der Waals surface area contributed by atoms with Gasteiger partial charge in [0.2, 0.25) is 0 Å². The lowest BCUT2D eigenvalue weighted by atomic mass is 10.1. The van der Waals surface area contributed by atoms with Crippen molar-refractivity contribution in [3.63, 3.8) is 0 Å². The van der Waals surface area contributed by atoms with E-state index in [-0.39, 0.29) is 0 Å². The van der Waals surface area contributed by atoms with Gasteiger partial charge < -0.3 is 0 Å². The van der Waals surface area contributed by atoms with E-state index < -0.39 is 6.17 Å². The standard InChI is InChI=1S/C8H15Br2F/c9-6-2-1-4-8(11)5-3-7-10/h8H,1-7H2. The van der Waals surface area contributed by atoms with Gasteiger partial charge in [0.05, 0.1) is 0 Å². The van der Waals surface area contributed by atoms with Gasteiger partial charge in [-0.2, -0.15) is 0 Å². The summed E-state index contributed by atoms with van der Waals surface area (Å²) in [6.45, 7) is 0. The van der Waals surface area contributed by atoms with Crippen LogP contribution in [0.5, 0.6) is 0 Å². The van der Waals surface area contributed by atoms with E-state index in [4.69, 9.17) is 0 Å². The molecule has 0 aromatic carbocycles. The first-order valence-corrected chi connectivity index (χ1v) is 6.31. The number of rotatable bonds is 7. The highest BCUT2D eigenvalue weighted by Crippen LogP contribution is 2.11. The molecule has 0 aromatic rings. The van der Waals surface area contributed by atoms with E-state index in [1.165, 1.54) is 0 Å².